The number of hydrogen-bond donors (Lipinski definition) is 2. The van der Waals surface area contributed by atoms with Crippen molar-refractivity contribution in [1.29, 1.82) is 0 Å². The lowest BCUT2D eigenvalue weighted by molar-refractivity contribution is -0.905. The molecule has 0 amide bonds. The lowest BCUT2D eigenvalue weighted by Gasteiger charge is -2.26. The highest BCUT2D eigenvalue weighted by Gasteiger charge is 2.15. The Hall–Kier alpha value is -5.74. The number of aromatic nitrogens is 4. The molecule has 0 atom stereocenters. The molecule has 352 valence electrons. The molecule has 2 aromatic heterocycles. The number of ether oxygens (including phenoxy) is 7. The molecule has 2 saturated heterocycles. The van der Waals surface area contributed by atoms with Crippen molar-refractivity contribution in [3.05, 3.63) is 132 Å². The molecule has 0 spiro atoms. The van der Waals surface area contributed by atoms with Crippen molar-refractivity contribution in [2.45, 2.75) is 12.8 Å². The second kappa shape index (κ2) is 27.7. The van der Waals surface area contributed by atoms with Crippen LogP contribution in [0.3, 0.4) is 0 Å². The monoisotopic (exact) mass is 942 g/mol. The number of aromatic hydroxyl groups is 1. The third-order valence-corrected chi connectivity index (χ3v) is 11.1. The fraction of sp³-hybridized carbons (Fsp3) is 0.360. The van der Waals surface area contributed by atoms with Crippen LogP contribution in [0.15, 0.2) is 110 Å². The van der Waals surface area contributed by atoms with E-state index in [1.165, 1.54) is 7.11 Å². The molecule has 0 aliphatic carbocycles. The summed E-state index contributed by atoms with van der Waals surface area (Å²) in [6.45, 7) is 10.1. The molecule has 14 nitrogen and oxygen atoms in total. The van der Waals surface area contributed by atoms with E-state index in [1.54, 1.807) is 51.0 Å². The van der Waals surface area contributed by atoms with Crippen LogP contribution in [0.1, 0.15) is 22.5 Å². The second-order valence-electron chi connectivity index (χ2n) is 15.1. The predicted molar refractivity (Wildman–Crippen MR) is 251 cm³/mol. The summed E-state index contributed by atoms with van der Waals surface area (Å²) in [4.78, 5) is 21.5. The molecule has 2 fully saturated rings. The molecule has 2 aliphatic heterocycles. The summed E-state index contributed by atoms with van der Waals surface area (Å²) in [5, 5.41) is 9.90. The Morgan fingerprint density at radius 2 is 1.12 bits per heavy atom. The minimum atomic E-state index is 0. The summed E-state index contributed by atoms with van der Waals surface area (Å²) in [6, 6.07) is 30.9. The van der Waals surface area contributed by atoms with E-state index in [0.29, 0.717) is 25.2 Å². The highest BCUT2D eigenvalue weighted by atomic mass is 35.5. The van der Waals surface area contributed by atoms with Crippen LogP contribution in [0, 0.1) is 0 Å². The zero-order valence-electron chi connectivity index (χ0n) is 38.1. The van der Waals surface area contributed by atoms with Crippen molar-refractivity contribution in [3.63, 3.8) is 0 Å². The summed E-state index contributed by atoms with van der Waals surface area (Å²) < 4.78 is 38.1. The first-order chi connectivity index (χ1) is 31.9. The van der Waals surface area contributed by atoms with Crippen LogP contribution in [0.4, 0.5) is 0 Å². The molecular formula is C50H60Cl2N6O8. The van der Waals surface area contributed by atoms with Gasteiger partial charge in [0.2, 0.25) is 0 Å². The third kappa shape index (κ3) is 15.4. The maximum atomic E-state index is 9.90. The summed E-state index contributed by atoms with van der Waals surface area (Å²) in [6.07, 6.45) is 4.39. The van der Waals surface area contributed by atoms with Crippen LogP contribution in [0.5, 0.6) is 34.5 Å². The average molecular weight is 944 g/mol. The van der Waals surface area contributed by atoms with Gasteiger partial charge in [-0.05, 0) is 71.8 Å². The van der Waals surface area contributed by atoms with E-state index in [0.717, 1.165) is 140 Å². The van der Waals surface area contributed by atoms with Crippen molar-refractivity contribution in [2.75, 3.05) is 107 Å². The Labute approximate surface area is 399 Å². The molecule has 4 heterocycles. The Kier molecular flexibility index (Phi) is 21.5. The topological polar surface area (TPSA) is 144 Å². The molecule has 0 bridgehead atoms. The van der Waals surface area contributed by atoms with Gasteiger partial charge in [0.1, 0.15) is 43.9 Å². The van der Waals surface area contributed by atoms with Gasteiger partial charge in [-0.2, -0.15) is 0 Å². The standard InChI is InChI=1S/C25H29N3O4.C19H18N2O3.C6H12ClNO.ClH/c1-29-23-6-4-3-5-21(23)22-17-20(26-18-27-22)15-19-7-8-24(30-2)25(16-19)32-14-11-28-9-12-31-13-10-28;1-23-18-6-4-3-5-15(18)16-11-14(20-12-21-16)9-13-7-8-19(24-2)17(22)10-13;7-1-2-8-3-5-9-6-4-8;/h3-8,16-18H,9-15H2,1-2H3;3-8,10-12,22H,9H2,1-2H3;1-6H2;1H. The van der Waals surface area contributed by atoms with Crippen LogP contribution >= 0.6 is 11.6 Å². The molecule has 16 heteroatoms. The number of benzene rings is 4. The minimum absolute atomic E-state index is 0. The SMILES string of the molecule is COc1ccc(Cc2cc(-c3ccccc3OC)ncn2)cc1O.COc1ccc(Cc2cc(-c3ccccc3OC)ncn2)cc1OCCN1CCOCC1.ClCC[NH+]1CCOCC1.[Cl-]. The fourth-order valence-corrected chi connectivity index (χ4v) is 7.62. The molecule has 0 saturated carbocycles. The lowest BCUT2D eigenvalue weighted by Crippen LogP contribution is -3.14. The van der Waals surface area contributed by atoms with Crippen molar-refractivity contribution in [3.8, 4) is 57.0 Å². The van der Waals surface area contributed by atoms with Gasteiger partial charge in [-0.15, -0.1) is 11.6 Å². The highest BCUT2D eigenvalue weighted by Crippen LogP contribution is 2.32. The molecular weight excluding hydrogens is 883 g/mol. The summed E-state index contributed by atoms with van der Waals surface area (Å²) in [5.74, 6) is 4.38. The van der Waals surface area contributed by atoms with E-state index in [2.05, 4.69) is 24.8 Å². The van der Waals surface area contributed by atoms with Crippen LogP contribution in [0.2, 0.25) is 0 Å². The summed E-state index contributed by atoms with van der Waals surface area (Å²) in [5.41, 5.74) is 7.32. The number of para-hydroxylation sites is 2. The maximum absolute atomic E-state index is 9.90. The van der Waals surface area contributed by atoms with E-state index < -0.39 is 0 Å². The summed E-state index contributed by atoms with van der Waals surface area (Å²) >= 11 is 5.57. The molecule has 2 N–H and O–H groups in total. The third-order valence-electron chi connectivity index (χ3n) is 10.9. The van der Waals surface area contributed by atoms with Gasteiger partial charge < -0.3 is 55.6 Å². The number of alkyl halides is 1. The molecule has 8 rings (SSSR count). The van der Waals surface area contributed by atoms with E-state index in [4.69, 9.17) is 44.8 Å². The quantitative estimate of drug-likeness (QED) is 0.138. The van der Waals surface area contributed by atoms with Gasteiger partial charge in [0.25, 0.3) is 0 Å². The van der Waals surface area contributed by atoms with Crippen molar-refractivity contribution >= 4 is 11.6 Å². The molecule has 66 heavy (non-hydrogen) atoms. The number of hydrogen-bond acceptors (Lipinski definition) is 13. The zero-order chi connectivity index (χ0) is 45.6. The van der Waals surface area contributed by atoms with Gasteiger partial charge >= 0.3 is 0 Å². The van der Waals surface area contributed by atoms with Crippen LogP contribution in [-0.4, -0.2) is 137 Å². The number of methoxy groups -OCH3 is 4. The first-order valence-corrected chi connectivity index (χ1v) is 22.3. The van der Waals surface area contributed by atoms with Gasteiger partial charge in [-0.1, -0.05) is 36.4 Å². The predicted octanol–water partition coefficient (Wildman–Crippen LogP) is 3.06. The van der Waals surface area contributed by atoms with Gasteiger partial charge in [-0.3, -0.25) is 4.90 Å². The number of phenols is 1. The maximum Gasteiger partial charge on any atom is 0.161 e. The van der Waals surface area contributed by atoms with Crippen molar-refractivity contribution in [2.24, 2.45) is 0 Å². The second-order valence-corrected chi connectivity index (χ2v) is 15.5. The number of rotatable bonds is 16. The highest BCUT2D eigenvalue weighted by molar-refractivity contribution is 6.17. The molecule has 0 unspecified atom stereocenters. The number of nitrogens with zero attached hydrogens (tertiary/aromatic N) is 5. The van der Waals surface area contributed by atoms with Crippen molar-refractivity contribution in [1.82, 2.24) is 24.8 Å². The van der Waals surface area contributed by atoms with Crippen LogP contribution in [-0.2, 0) is 22.3 Å². The number of morpholine rings is 2. The summed E-state index contributed by atoms with van der Waals surface area (Å²) in [7, 11) is 6.49. The Morgan fingerprint density at radius 3 is 1.65 bits per heavy atom. The average Bonchev–Trinajstić information content (AvgIpc) is 3.35. The van der Waals surface area contributed by atoms with E-state index in [-0.39, 0.29) is 18.2 Å². The van der Waals surface area contributed by atoms with Gasteiger partial charge in [-0.25, -0.2) is 19.9 Å². The number of quaternary nitrogens is 1. The Morgan fingerprint density at radius 1 is 0.606 bits per heavy atom. The van der Waals surface area contributed by atoms with E-state index in [9.17, 15) is 5.11 Å². The fourth-order valence-electron chi connectivity index (χ4n) is 7.36. The zero-order valence-corrected chi connectivity index (χ0v) is 39.6. The van der Waals surface area contributed by atoms with Crippen molar-refractivity contribution < 1.29 is 55.6 Å². The van der Waals surface area contributed by atoms with Gasteiger partial charge in [0.05, 0.1) is 78.7 Å². The number of nitrogens with one attached hydrogen (secondary N) is 1. The minimum Gasteiger partial charge on any atom is -1.00 e. The van der Waals surface area contributed by atoms with E-state index in [1.807, 2.05) is 84.9 Å². The number of halogens is 2. The first-order valence-electron chi connectivity index (χ1n) is 21.7. The lowest BCUT2D eigenvalue weighted by atomic mass is 10.1. The van der Waals surface area contributed by atoms with Crippen LogP contribution < -0.4 is 41.0 Å². The van der Waals surface area contributed by atoms with Crippen LogP contribution in [0.25, 0.3) is 22.5 Å². The Bertz CT molecular complexity index is 2360. The molecule has 4 aromatic carbocycles. The van der Waals surface area contributed by atoms with Gasteiger partial charge in [0, 0.05) is 55.0 Å². The van der Waals surface area contributed by atoms with Gasteiger partial charge in [0.15, 0.2) is 23.0 Å². The molecule has 0 radical (unpaired) electrons. The molecule has 6 aromatic rings. The Balaban J connectivity index is 0.000000211. The number of phenolic OH excluding ortho intramolecular Hbond substituents is 1. The smallest absolute Gasteiger partial charge is 0.161 e. The first kappa shape index (κ1) is 51.2. The largest absolute Gasteiger partial charge is 1.00 e. The normalized spacial score (nSPS) is 13.7. The molecule has 2 aliphatic rings. The van der Waals surface area contributed by atoms with E-state index >= 15 is 0 Å².